The molecule has 0 saturated carbocycles. The molecule has 0 spiro atoms. The van der Waals surface area contributed by atoms with Crippen LogP contribution in [0.25, 0.3) is 10.2 Å². The number of nitrogens with one attached hydrogen (secondary N) is 1. The fraction of sp³-hybridized carbons (Fsp3) is 0.278. The number of thioether (sulfide) groups is 1. The fourth-order valence-corrected chi connectivity index (χ4v) is 5.05. The topological polar surface area (TPSA) is 80.9 Å². The van der Waals surface area contributed by atoms with E-state index in [-0.39, 0.29) is 11.7 Å². The van der Waals surface area contributed by atoms with Gasteiger partial charge in [-0.05, 0) is 30.4 Å². The van der Waals surface area contributed by atoms with Crippen molar-refractivity contribution in [2.45, 2.75) is 31.0 Å². The second-order valence-corrected chi connectivity index (χ2v) is 8.01. The number of nitrogens with zero attached hydrogens (tertiary/aromatic N) is 2. The molecule has 2 aromatic heterocycles. The number of thiophene rings is 1. The van der Waals surface area contributed by atoms with Crippen LogP contribution in [0.3, 0.4) is 0 Å². The number of carbonyl (C=O) groups excluding carboxylic acids is 1. The lowest BCUT2D eigenvalue weighted by Crippen LogP contribution is -2.24. The summed E-state index contributed by atoms with van der Waals surface area (Å²) in [5.41, 5.74) is 8.57. The van der Waals surface area contributed by atoms with Crippen LogP contribution in [0.1, 0.15) is 22.4 Å². The van der Waals surface area contributed by atoms with Crippen molar-refractivity contribution < 1.29 is 4.79 Å². The molecule has 3 aromatic rings. The van der Waals surface area contributed by atoms with Gasteiger partial charge >= 0.3 is 0 Å². The van der Waals surface area contributed by atoms with E-state index >= 15 is 0 Å². The summed E-state index contributed by atoms with van der Waals surface area (Å²) in [4.78, 5) is 23.4. The van der Waals surface area contributed by atoms with Gasteiger partial charge < -0.3 is 11.1 Å². The number of hydrogen-bond donors (Lipinski definition) is 2. The first-order valence-electron chi connectivity index (χ1n) is 8.22. The molecule has 1 aromatic carbocycles. The molecule has 1 amide bonds. The van der Waals surface area contributed by atoms with E-state index < -0.39 is 0 Å². The lowest BCUT2D eigenvalue weighted by molar-refractivity contribution is -0.118. The predicted molar refractivity (Wildman–Crippen MR) is 103 cm³/mol. The van der Waals surface area contributed by atoms with Crippen molar-refractivity contribution >= 4 is 45.0 Å². The number of benzene rings is 1. The first-order chi connectivity index (χ1) is 12.2. The van der Waals surface area contributed by atoms with Gasteiger partial charge in [0.1, 0.15) is 10.6 Å². The molecule has 1 aliphatic carbocycles. The van der Waals surface area contributed by atoms with E-state index in [0.29, 0.717) is 17.5 Å². The third-order valence-corrected chi connectivity index (χ3v) is 6.27. The van der Waals surface area contributed by atoms with Gasteiger partial charge in [-0.3, -0.25) is 4.79 Å². The molecule has 0 aliphatic heterocycles. The smallest absolute Gasteiger partial charge is 0.230 e. The van der Waals surface area contributed by atoms with Gasteiger partial charge in [-0.15, -0.1) is 11.3 Å². The Morgan fingerprint density at radius 2 is 2.08 bits per heavy atom. The molecular formula is C18H18N4OS2. The largest absolute Gasteiger partial charge is 0.383 e. The maximum atomic E-state index is 12.0. The van der Waals surface area contributed by atoms with Gasteiger partial charge in [0, 0.05) is 11.4 Å². The number of anilines is 1. The van der Waals surface area contributed by atoms with E-state index in [1.807, 2.05) is 30.3 Å². The van der Waals surface area contributed by atoms with Gasteiger partial charge in [-0.1, -0.05) is 42.1 Å². The molecule has 0 bridgehead atoms. The summed E-state index contributed by atoms with van der Waals surface area (Å²) in [5, 5.41) is 4.50. The average Bonchev–Trinajstić information content (AvgIpc) is 3.19. The summed E-state index contributed by atoms with van der Waals surface area (Å²) in [5.74, 6) is 0.782. The minimum absolute atomic E-state index is 0.0372. The van der Waals surface area contributed by atoms with Gasteiger partial charge in [0.2, 0.25) is 5.91 Å². The molecule has 2 heterocycles. The van der Waals surface area contributed by atoms with Crippen LogP contribution in [0.4, 0.5) is 5.82 Å². The molecular weight excluding hydrogens is 352 g/mol. The zero-order chi connectivity index (χ0) is 17.2. The van der Waals surface area contributed by atoms with E-state index in [1.165, 1.54) is 28.6 Å². The van der Waals surface area contributed by atoms with Gasteiger partial charge in [0.25, 0.3) is 0 Å². The molecule has 1 aliphatic rings. The molecule has 5 nitrogen and oxygen atoms in total. The van der Waals surface area contributed by atoms with E-state index in [0.717, 1.165) is 28.6 Å². The molecule has 4 rings (SSSR count). The Kier molecular flexibility index (Phi) is 4.59. The summed E-state index contributed by atoms with van der Waals surface area (Å²) in [6.45, 7) is 0.528. The Morgan fingerprint density at radius 1 is 1.24 bits per heavy atom. The molecule has 0 fully saturated rings. The van der Waals surface area contributed by atoms with Crippen molar-refractivity contribution in [2.24, 2.45) is 0 Å². The Labute approximate surface area is 154 Å². The third-order valence-electron chi connectivity index (χ3n) is 4.24. The summed E-state index contributed by atoms with van der Waals surface area (Å²) in [7, 11) is 0. The molecule has 0 unspecified atom stereocenters. The molecule has 3 N–H and O–H groups in total. The first kappa shape index (κ1) is 16.4. The van der Waals surface area contributed by atoms with Crippen LogP contribution in [0, 0.1) is 0 Å². The number of carbonyl (C=O) groups is 1. The molecule has 0 saturated heterocycles. The zero-order valence-electron chi connectivity index (χ0n) is 13.6. The van der Waals surface area contributed by atoms with Crippen molar-refractivity contribution in [1.82, 2.24) is 15.3 Å². The summed E-state index contributed by atoms with van der Waals surface area (Å²) in [6.07, 6.45) is 3.37. The number of fused-ring (bicyclic) bond motifs is 3. The number of aromatic nitrogens is 2. The Hall–Kier alpha value is -2.12. The molecule has 0 radical (unpaired) electrons. The normalized spacial score (nSPS) is 13.1. The highest BCUT2D eigenvalue weighted by Gasteiger charge is 2.21. The van der Waals surface area contributed by atoms with Gasteiger partial charge in [-0.25, -0.2) is 9.97 Å². The lowest BCUT2D eigenvalue weighted by atomic mass is 10.2. The van der Waals surface area contributed by atoms with Crippen molar-refractivity contribution in [1.29, 1.82) is 0 Å². The van der Waals surface area contributed by atoms with E-state index in [2.05, 4.69) is 15.3 Å². The summed E-state index contributed by atoms with van der Waals surface area (Å²) in [6, 6.07) is 9.85. The highest BCUT2D eigenvalue weighted by Crippen LogP contribution is 2.39. The monoisotopic (exact) mass is 370 g/mol. The molecule has 7 heteroatoms. The summed E-state index contributed by atoms with van der Waals surface area (Å²) < 4.78 is 0. The Morgan fingerprint density at radius 3 is 2.92 bits per heavy atom. The van der Waals surface area contributed by atoms with Gasteiger partial charge in [-0.2, -0.15) is 0 Å². The van der Waals surface area contributed by atoms with Crippen LogP contribution < -0.4 is 11.1 Å². The maximum absolute atomic E-state index is 12.0. The van der Waals surface area contributed by atoms with Gasteiger partial charge in [0.15, 0.2) is 5.16 Å². The standard InChI is InChI=1S/C18H18N4OS2/c19-16-15-12-7-4-8-13(12)25-17(15)22-18(21-16)24-10-14(23)20-9-11-5-2-1-3-6-11/h1-3,5-6H,4,7-10H2,(H,20,23)(H2,19,21,22). The molecule has 128 valence electrons. The number of hydrogen-bond acceptors (Lipinski definition) is 6. The lowest BCUT2D eigenvalue weighted by Gasteiger charge is -2.06. The number of aryl methyl sites for hydroxylation is 2. The van der Waals surface area contributed by atoms with Crippen LogP contribution in [-0.4, -0.2) is 21.6 Å². The van der Waals surface area contributed by atoms with Crippen LogP contribution in [-0.2, 0) is 24.2 Å². The van der Waals surface area contributed by atoms with Crippen LogP contribution in [0.15, 0.2) is 35.5 Å². The highest BCUT2D eigenvalue weighted by molar-refractivity contribution is 7.99. The highest BCUT2D eigenvalue weighted by atomic mass is 32.2. The summed E-state index contributed by atoms with van der Waals surface area (Å²) >= 11 is 3.04. The fourth-order valence-electron chi connectivity index (χ4n) is 3.05. The van der Waals surface area contributed by atoms with E-state index in [1.54, 1.807) is 11.3 Å². The van der Waals surface area contributed by atoms with E-state index in [9.17, 15) is 4.79 Å². The van der Waals surface area contributed by atoms with Crippen LogP contribution in [0.5, 0.6) is 0 Å². The molecule has 25 heavy (non-hydrogen) atoms. The first-order valence-corrected chi connectivity index (χ1v) is 10.0. The number of rotatable bonds is 5. The maximum Gasteiger partial charge on any atom is 0.230 e. The third kappa shape index (κ3) is 3.48. The van der Waals surface area contributed by atoms with Crippen molar-refractivity contribution in [3.63, 3.8) is 0 Å². The quantitative estimate of drug-likeness (QED) is 0.533. The molecule has 0 atom stereocenters. The SMILES string of the molecule is Nc1nc(SCC(=O)NCc2ccccc2)nc2sc3c(c12)CCC3. The van der Waals surface area contributed by atoms with E-state index in [4.69, 9.17) is 5.73 Å². The van der Waals surface area contributed by atoms with Crippen molar-refractivity contribution in [3.8, 4) is 0 Å². The Balaban J connectivity index is 1.40. The van der Waals surface area contributed by atoms with Crippen LogP contribution >= 0.6 is 23.1 Å². The minimum atomic E-state index is -0.0372. The van der Waals surface area contributed by atoms with Gasteiger partial charge in [0.05, 0.1) is 11.1 Å². The Bertz CT molecular complexity index is 924. The minimum Gasteiger partial charge on any atom is -0.383 e. The zero-order valence-corrected chi connectivity index (χ0v) is 15.3. The second-order valence-electron chi connectivity index (χ2n) is 5.98. The number of nitrogen functional groups attached to an aromatic ring is 1. The van der Waals surface area contributed by atoms with Crippen LogP contribution in [0.2, 0.25) is 0 Å². The van der Waals surface area contributed by atoms with Crippen molar-refractivity contribution in [2.75, 3.05) is 11.5 Å². The predicted octanol–water partition coefficient (Wildman–Crippen LogP) is 3.17. The van der Waals surface area contributed by atoms with Crippen molar-refractivity contribution in [3.05, 3.63) is 46.3 Å². The average molecular weight is 371 g/mol. The number of amides is 1. The number of nitrogens with two attached hydrogens (primary N) is 1. The second kappa shape index (κ2) is 7.01.